The Bertz CT molecular complexity index is 1200. The second-order valence-electron chi connectivity index (χ2n) is 7.59. The van der Waals surface area contributed by atoms with Crippen LogP contribution < -0.4 is 4.90 Å². The van der Waals surface area contributed by atoms with E-state index in [0.29, 0.717) is 11.4 Å². The maximum absolute atomic E-state index is 15.0. The van der Waals surface area contributed by atoms with Gasteiger partial charge in [0.05, 0.1) is 5.57 Å². The first kappa shape index (κ1) is 17.7. The summed E-state index contributed by atoms with van der Waals surface area (Å²) in [5.41, 5.74) is 6.10. The van der Waals surface area contributed by atoms with Crippen LogP contribution in [-0.4, -0.2) is 36.2 Å². The number of nitrogens with zero attached hydrogens (tertiary/aromatic N) is 3. The van der Waals surface area contributed by atoms with Gasteiger partial charge in [-0.25, -0.2) is 0 Å². The van der Waals surface area contributed by atoms with Crippen LogP contribution >= 0.6 is 0 Å². The van der Waals surface area contributed by atoms with Gasteiger partial charge in [0.15, 0.2) is 5.70 Å². The number of hydrogen-bond donors (Lipinski definition) is 0. The third-order valence-electron chi connectivity index (χ3n) is 5.61. The summed E-state index contributed by atoms with van der Waals surface area (Å²) in [7, 11) is 4.02. The number of fused-ring (bicyclic) bond motifs is 2. The van der Waals surface area contributed by atoms with Crippen molar-refractivity contribution in [3.63, 3.8) is 0 Å². The van der Waals surface area contributed by atoms with E-state index in [9.17, 15) is 8.63 Å². The zero-order chi connectivity index (χ0) is 20.2. The van der Waals surface area contributed by atoms with E-state index in [4.69, 9.17) is 0 Å². The van der Waals surface area contributed by atoms with Crippen LogP contribution in [0.2, 0.25) is 0 Å². The van der Waals surface area contributed by atoms with Crippen molar-refractivity contribution >= 4 is 24.4 Å². The maximum Gasteiger partial charge on any atom is 0.737 e. The van der Waals surface area contributed by atoms with Gasteiger partial charge in [-0.2, -0.15) is 0 Å². The Labute approximate surface area is 168 Å². The number of anilines is 1. The molecule has 1 aromatic heterocycles. The second kappa shape index (κ2) is 6.31. The second-order valence-corrected chi connectivity index (χ2v) is 7.59. The summed E-state index contributed by atoms with van der Waals surface area (Å²) in [5.74, 6) is 0. The Hall–Kier alpha value is -3.41. The molecule has 3 aromatic rings. The molecule has 0 radical (unpaired) electrons. The molecule has 29 heavy (non-hydrogen) atoms. The Kier molecular flexibility index (Phi) is 3.84. The number of rotatable bonds is 3. The van der Waals surface area contributed by atoms with Crippen LogP contribution in [0.25, 0.3) is 16.7 Å². The van der Waals surface area contributed by atoms with Crippen molar-refractivity contribution < 1.29 is 13.1 Å². The molecule has 0 saturated heterocycles. The Balaban J connectivity index is 1.65. The molecule has 0 aliphatic carbocycles. The number of halogens is 2. The highest BCUT2D eigenvalue weighted by Crippen LogP contribution is 2.39. The highest BCUT2D eigenvalue weighted by molar-refractivity contribution is 6.57. The minimum Gasteiger partial charge on any atom is -0.396 e. The quantitative estimate of drug-likeness (QED) is 0.584. The van der Waals surface area contributed by atoms with Gasteiger partial charge in [0.1, 0.15) is 6.21 Å². The summed E-state index contributed by atoms with van der Waals surface area (Å²) in [5, 5.41) is 0. The van der Waals surface area contributed by atoms with Crippen molar-refractivity contribution in [1.82, 2.24) is 4.48 Å². The SMILES string of the molecule is CN(C)c1ccc(-c2cccc(C3=C4C=CC=[N+]4[B-](F)(F)n4cccc43)c2)cc1. The summed E-state index contributed by atoms with van der Waals surface area (Å²) in [6.07, 6.45) is 6.37. The molecular weight excluding hydrogens is 367 g/mol. The van der Waals surface area contributed by atoms with Crippen LogP contribution in [0.3, 0.4) is 0 Å². The van der Waals surface area contributed by atoms with E-state index in [2.05, 4.69) is 35.2 Å². The molecule has 5 rings (SSSR count). The van der Waals surface area contributed by atoms with E-state index in [0.717, 1.165) is 36.9 Å². The van der Waals surface area contributed by atoms with Crippen LogP contribution in [0.15, 0.2) is 84.7 Å². The van der Waals surface area contributed by atoms with Gasteiger partial charge < -0.3 is 22.5 Å². The fourth-order valence-corrected chi connectivity index (χ4v) is 4.12. The first-order valence-electron chi connectivity index (χ1n) is 9.59. The molecule has 0 spiro atoms. The van der Waals surface area contributed by atoms with Gasteiger partial charge in [-0.3, -0.25) is 0 Å². The summed E-state index contributed by atoms with van der Waals surface area (Å²) in [6.45, 7) is -3.87. The Morgan fingerprint density at radius 1 is 0.897 bits per heavy atom. The van der Waals surface area contributed by atoms with Gasteiger partial charge in [0.25, 0.3) is 0 Å². The van der Waals surface area contributed by atoms with Gasteiger partial charge in [0, 0.05) is 37.6 Å². The predicted octanol–water partition coefficient (Wildman–Crippen LogP) is 4.87. The molecular formula is C23H20BF2N3. The van der Waals surface area contributed by atoms with Crippen molar-refractivity contribution in [2.45, 2.75) is 0 Å². The highest BCUT2D eigenvalue weighted by Gasteiger charge is 2.51. The Morgan fingerprint density at radius 3 is 2.41 bits per heavy atom. The summed E-state index contributed by atoms with van der Waals surface area (Å²) >= 11 is 0. The molecule has 0 bridgehead atoms. The Morgan fingerprint density at radius 2 is 1.66 bits per heavy atom. The molecule has 0 saturated carbocycles. The van der Waals surface area contributed by atoms with Crippen molar-refractivity contribution in [2.75, 3.05) is 19.0 Å². The van der Waals surface area contributed by atoms with E-state index in [1.54, 1.807) is 24.3 Å². The molecule has 0 fully saturated rings. The monoisotopic (exact) mass is 387 g/mol. The van der Waals surface area contributed by atoms with E-state index < -0.39 is 6.97 Å². The van der Waals surface area contributed by atoms with Crippen LogP contribution in [0.4, 0.5) is 14.3 Å². The van der Waals surface area contributed by atoms with Gasteiger partial charge in [-0.1, -0.05) is 30.3 Å². The molecule has 6 heteroatoms. The lowest BCUT2D eigenvalue weighted by Crippen LogP contribution is -2.49. The largest absolute Gasteiger partial charge is 0.737 e. The summed E-state index contributed by atoms with van der Waals surface area (Å²) in [4.78, 5) is 2.06. The van der Waals surface area contributed by atoms with Gasteiger partial charge in [-0.15, -0.1) is 0 Å². The normalized spacial score (nSPS) is 16.5. The minimum atomic E-state index is -3.87. The van der Waals surface area contributed by atoms with Crippen molar-refractivity contribution in [1.29, 1.82) is 0 Å². The lowest BCUT2D eigenvalue weighted by atomic mass is 9.86. The van der Waals surface area contributed by atoms with Gasteiger partial charge in [0.2, 0.25) is 0 Å². The maximum atomic E-state index is 15.0. The lowest BCUT2D eigenvalue weighted by molar-refractivity contribution is -0.356. The van der Waals surface area contributed by atoms with Crippen LogP contribution in [0.5, 0.6) is 0 Å². The standard InChI is InChI=1S/C23H20BF2N3/c1-27(2)20-12-10-17(11-13-20)18-6-3-7-19(16-18)23-21-8-4-14-28(21)24(25,26)29-15-5-9-22(23)29/h3-16H,1-2H3. The van der Waals surface area contributed by atoms with Crippen LogP contribution in [0, 0.1) is 0 Å². The first-order valence-corrected chi connectivity index (χ1v) is 9.59. The zero-order valence-corrected chi connectivity index (χ0v) is 16.3. The van der Waals surface area contributed by atoms with E-state index in [1.807, 2.05) is 32.3 Å². The molecule has 3 heterocycles. The predicted molar refractivity (Wildman–Crippen MR) is 115 cm³/mol. The third kappa shape index (κ3) is 2.67. The van der Waals surface area contributed by atoms with Crippen molar-refractivity contribution in [2.24, 2.45) is 0 Å². The van der Waals surface area contributed by atoms with Crippen molar-refractivity contribution in [3.05, 3.63) is 96.0 Å². The molecule has 0 amide bonds. The number of aromatic nitrogens is 1. The fourth-order valence-electron chi connectivity index (χ4n) is 4.12. The van der Waals surface area contributed by atoms with Gasteiger partial charge in [-0.05, 0) is 53.2 Å². The molecule has 3 nitrogen and oxygen atoms in total. The average molecular weight is 387 g/mol. The molecule has 144 valence electrons. The topological polar surface area (TPSA) is 11.2 Å². The lowest BCUT2D eigenvalue weighted by Gasteiger charge is -2.31. The number of benzene rings is 2. The van der Waals surface area contributed by atoms with Gasteiger partial charge >= 0.3 is 6.97 Å². The highest BCUT2D eigenvalue weighted by atomic mass is 19.2. The molecule has 2 aliphatic heterocycles. The molecule has 2 aliphatic rings. The molecule has 0 unspecified atom stereocenters. The van der Waals surface area contributed by atoms with Crippen LogP contribution in [-0.2, 0) is 0 Å². The average Bonchev–Trinajstić information content (AvgIpc) is 3.39. The van der Waals surface area contributed by atoms with E-state index >= 15 is 0 Å². The number of hydrogen-bond acceptors (Lipinski definition) is 1. The van der Waals surface area contributed by atoms with E-state index in [1.165, 1.54) is 12.4 Å². The van der Waals surface area contributed by atoms with Crippen molar-refractivity contribution in [3.8, 4) is 11.1 Å². The summed E-state index contributed by atoms with van der Waals surface area (Å²) in [6, 6.07) is 19.9. The molecule has 2 aromatic carbocycles. The van der Waals surface area contributed by atoms with Crippen LogP contribution in [0.1, 0.15) is 11.3 Å². The molecule has 0 atom stereocenters. The molecule has 0 N–H and O–H groups in total. The smallest absolute Gasteiger partial charge is 0.396 e. The minimum absolute atomic E-state index is 0.543. The summed E-state index contributed by atoms with van der Waals surface area (Å²) < 4.78 is 32.1. The zero-order valence-electron chi connectivity index (χ0n) is 16.3. The van der Waals surface area contributed by atoms with E-state index in [-0.39, 0.29) is 0 Å². The fraction of sp³-hybridized carbons (Fsp3) is 0.0870. The number of allylic oxidation sites excluding steroid dienone is 2. The first-order chi connectivity index (χ1) is 14.0. The third-order valence-corrected chi connectivity index (χ3v) is 5.61.